The Bertz CT molecular complexity index is 1650. The van der Waals surface area contributed by atoms with Crippen LogP contribution in [0.1, 0.15) is 52.4 Å². The van der Waals surface area contributed by atoms with Crippen LogP contribution in [0.25, 0.3) is 16.9 Å². The lowest BCUT2D eigenvalue weighted by atomic mass is 10.00. The summed E-state index contributed by atoms with van der Waals surface area (Å²) in [7, 11) is 0. The topological polar surface area (TPSA) is 101 Å². The van der Waals surface area contributed by atoms with E-state index in [4.69, 9.17) is 28.3 Å². The van der Waals surface area contributed by atoms with E-state index in [0.717, 1.165) is 12.1 Å². The van der Waals surface area contributed by atoms with Gasteiger partial charge in [0.25, 0.3) is 5.91 Å². The predicted octanol–water partition coefficient (Wildman–Crippen LogP) is 6.85. The van der Waals surface area contributed by atoms with Gasteiger partial charge in [-0.05, 0) is 58.8 Å². The highest BCUT2D eigenvalue weighted by atomic mass is 35.5. The van der Waals surface area contributed by atoms with Crippen LogP contribution < -0.4 is 5.32 Å². The van der Waals surface area contributed by atoms with Crippen molar-refractivity contribution in [1.82, 2.24) is 35.7 Å². The van der Waals surface area contributed by atoms with Gasteiger partial charge >= 0.3 is 6.18 Å². The number of H-pyrrole nitrogens is 1. The summed E-state index contributed by atoms with van der Waals surface area (Å²) in [5.41, 5.74) is 2.15. The van der Waals surface area contributed by atoms with Crippen molar-refractivity contribution in [3.63, 3.8) is 0 Å². The summed E-state index contributed by atoms with van der Waals surface area (Å²) in [5, 5.41) is 22.6. The highest BCUT2D eigenvalue weighted by Gasteiger charge is 2.31. The maximum atomic E-state index is 13.8. The molecule has 2 N–H and O–H groups in total. The summed E-state index contributed by atoms with van der Waals surface area (Å²) in [4.78, 5) is 13.8. The SMILES string of the molecule is CCC(NC(=O)c1nn(-c2ccccc2Cl)c(-c2ccc(Cl)cc2)c1Cc1nnn[nH]1)c1ccc(C(F)(F)F)cc1. The third kappa shape index (κ3) is 6.10. The molecule has 1 unspecified atom stereocenters. The van der Waals surface area contributed by atoms with Crippen molar-refractivity contribution in [2.75, 3.05) is 0 Å². The van der Waals surface area contributed by atoms with Gasteiger partial charge in [-0.2, -0.15) is 18.3 Å². The molecule has 0 aliphatic carbocycles. The molecule has 5 aromatic rings. The van der Waals surface area contributed by atoms with Crippen LogP contribution in [-0.2, 0) is 12.6 Å². The van der Waals surface area contributed by atoms with Crippen molar-refractivity contribution < 1.29 is 18.0 Å². The van der Waals surface area contributed by atoms with Crippen LogP contribution in [0.3, 0.4) is 0 Å². The number of nitrogens with zero attached hydrogens (tertiary/aromatic N) is 5. The number of rotatable bonds is 8. The lowest BCUT2D eigenvalue weighted by Crippen LogP contribution is -2.29. The number of amides is 1. The second-order valence-corrected chi connectivity index (χ2v) is 9.97. The fraction of sp³-hybridized carbons (Fsp3) is 0.179. The zero-order valence-electron chi connectivity index (χ0n) is 21.5. The van der Waals surface area contributed by atoms with E-state index in [2.05, 4.69) is 25.9 Å². The standard InChI is InChI=1S/C28H22Cl2F3N7O/c1-2-22(16-7-11-18(12-8-16)28(31,32)33)34-27(41)25-20(15-24-35-38-39-36-24)26(17-9-13-19(29)14-10-17)40(37-25)23-6-4-3-5-21(23)30/h3-14,22H,2,15H2,1H3,(H,34,41)(H,35,36,38,39). The van der Waals surface area contributed by atoms with Gasteiger partial charge in [0.05, 0.1) is 28.0 Å². The lowest BCUT2D eigenvalue weighted by Gasteiger charge is -2.18. The molecule has 0 aliphatic heterocycles. The minimum atomic E-state index is -4.46. The average molecular weight is 600 g/mol. The fourth-order valence-electron chi connectivity index (χ4n) is 4.48. The molecule has 2 heterocycles. The van der Waals surface area contributed by atoms with Gasteiger partial charge in [-0.15, -0.1) is 5.10 Å². The molecule has 1 atom stereocenters. The molecule has 0 aliphatic rings. The Balaban J connectivity index is 1.62. The van der Waals surface area contributed by atoms with Gasteiger partial charge in [0.15, 0.2) is 11.5 Å². The van der Waals surface area contributed by atoms with Crippen molar-refractivity contribution in [2.45, 2.75) is 32.0 Å². The second-order valence-electron chi connectivity index (χ2n) is 9.12. The summed E-state index contributed by atoms with van der Waals surface area (Å²) in [6, 6.07) is 18.2. The minimum absolute atomic E-state index is 0.0802. The number of tetrazole rings is 1. The van der Waals surface area contributed by atoms with E-state index in [1.165, 1.54) is 12.1 Å². The average Bonchev–Trinajstić information content (AvgIpc) is 3.60. The van der Waals surface area contributed by atoms with E-state index in [0.29, 0.717) is 50.4 Å². The number of aromatic nitrogens is 6. The minimum Gasteiger partial charge on any atom is -0.344 e. The first kappa shape index (κ1) is 28.3. The molecule has 13 heteroatoms. The van der Waals surface area contributed by atoms with E-state index in [9.17, 15) is 18.0 Å². The summed E-state index contributed by atoms with van der Waals surface area (Å²) < 4.78 is 40.9. The van der Waals surface area contributed by atoms with Crippen LogP contribution in [0.15, 0.2) is 72.8 Å². The molecule has 0 fully saturated rings. The zero-order chi connectivity index (χ0) is 29.1. The third-order valence-electron chi connectivity index (χ3n) is 6.48. The van der Waals surface area contributed by atoms with Gasteiger partial charge < -0.3 is 5.32 Å². The number of carbonyl (C=O) groups excluding carboxylic acids is 1. The van der Waals surface area contributed by atoms with Gasteiger partial charge in [0.2, 0.25) is 0 Å². The predicted molar refractivity (Wildman–Crippen MR) is 148 cm³/mol. The summed E-state index contributed by atoms with van der Waals surface area (Å²) in [5.74, 6) is -0.136. The number of hydrogen-bond donors (Lipinski definition) is 2. The Morgan fingerprint density at radius 3 is 2.34 bits per heavy atom. The summed E-state index contributed by atoms with van der Waals surface area (Å²) >= 11 is 12.7. The molecule has 2 aromatic heterocycles. The zero-order valence-corrected chi connectivity index (χ0v) is 23.0. The van der Waals surface area contributed by atoms with Crippen molar-refractivity contribution in [1.29, 1.82) is 0 Å². The van der Waals surface area contributed by atoms with Gasteiger partial charge in [-0.25, -0.2) is 9.78 Å². The highest BCUT2D eigenvalue weighted by molar-refractivity contribution is 6.32. The Labute approximate surface area is 242 Å². The molecule has 41 heavy (non-hydrogen) atoms. The molecular formula is C28H22Cl2F3N7O. The molecule has 1 amide bonds. The van der Waals surface area contributed by atoms with Gasteiger partial charge in [0, 0.05) is 22.6 Å². The number of carbonyl (C=O) groups is 1. The molecule has 210 valence electrons. The van der Waals surface area contributed by atoms with Crippen molar-refractivity contribution >= 4 is 29.1 Å². The Kier molecular flexibility index (Phi) is 8.09. The quantitative estimate of drug-likeness (QED) is 0.203. The molecular weight excluding hydrogens is 578 g/mol. The van der Waals surface area contributed by atoms with Crippen molar-refractivity contribution in [2.24, 2.45) is 0 Å². The number of aromatic amines is 1. The van der Waals surface area contributed by atoms with Crippen LogP contribution in [0.4, 0.5) is 13.2 Å². The second kappa shape index (κ2) is 11.7. The lowest BCUT2D eigenvalue weighted by molar-refractivity contribution is -0.137. The fourth-order valence-corrected chi connectivity index (χ4v) is 4.82. The molecule has 5 rings (SSSR count). The molecule has 0 spiro atoms. The van der Waals surface area contributed by atoms with E-state index in [1.807, 2.05) is 6.92 Å². The Morgan fingerprint density at radius 2 is 1.73 bits per heavy atom. The van der Waals surface area contributed by atoms with Crippen LogP contribution >= 0.6 is 23.2 Å². The van der Waals surface area contributed by atoms with E-state index in [-0.39, 0.29) is 12.1 Å². The van der Waals surface area contributed by atoms with Crippen molar-refractivity contribution in [3.8, 4) is 16.9 Å². The molecule has 8 nitrogen and oxygen atoms in total. The van der Waals surface area contributed by atoms with Crippen LogP contribution in [0.2, 0.25) is 10.0 Å². The highest BCUT2D eigenvalue weighted by Crippen LogP contribution is 2.34. The number of nitrogens with one attached hydrogen (secondary N) is 2. The van der Waals surface area contributed by atoms with E-state index >= 15 is 0 Å². The summed E-state index contributed by atoms with van der Waals surface area (Å²) in [6.45, 7) is 1.82. The van der Waals surface area contributed by atoms with Gasteiger partial charge in [-0.3, -0.25) is 4.79 Å². The molecule has 0 radical (unpaired) electrons. The van der Waals surface area contributed by atoms with Crippen LogP contribution in [0.5, 0.6) is 0 Å². The number of halogens is 5. The molecule has 0 saturated heterocycles. The molecule has 0 saturated carbocycles. The third-order valence-corrected chi connectivity index (χ3v) is 7.06. The van der Waals surface area contributed by atoms with E-state index in [1.54, 1.807) is 53.2 Å². The first-order valence-corrected chi connectivity index (χ1v) is 13.2. The van der Waals surface area contributed by atoms with Gasteiger partial charge in [-0.1, -0.05) is 66.5 Å². The monoisotopic (exact) mass is 599 g/mol. The molecule has 0 bridgehead atoms. The first-order valence-electron chi connectivity index (χ1n) is 12.5. The largest absolute Gasteiger partial charge is 0.416 e. The van der Waals surface area contributed by atoms with Crippen molar-refractivity contribution in [3.05, 3.63) is 111 Å². The molecule has 3 aromatic carbocycles. The summed E-state index contributed by atoms with van der Waals surface area (Å²) in [6.07, 6.45) is -3.92. The number of alkyl halides is 3. The number of benzene rings is 3. The number of hydrogen-bond acceptors (Lipinski definition) is 5. The first-order chi connectivity index (χ1) is 19.7. The van der Waals surface area contributed by atoms with Gasteiger partial charge in [0.1, 0.15) is 0 Å². The maximum absolute atomic E-state index is 13.8. The number of para-hydroxylation sites is 1. The normalized spacial score (nSPS) is 12.3. The van der Waals surface area contributed by atoms with Crippen LogP contribution in [-0.4, -0.2) is 36.3 Å². The van der Waals surface area contributed by atoms with E-state index < -0.39 is 23.7 Å². The Morgan fingerprint density at radius 1 is 1.02 bits per heavy atom. The van der Waals surface area contributed by atoms with Crippen LogP contribution in [0, 0.1) is 0 Å². The Hall–Kier alpha value is -4.22. The maximum Gasteiger partial charge on any atom is 0.416 e. The smallest absolute Gasteiger partial charge is 0.344 e.